The van der Waals surface area contributed by atoms with Gasteiger partial charge in [-0.25, -0.2) is 0 Å². The van der Waals surface area contributed by atoms with Gasteiger partial charge in [0.25, 0.3) is 0 Å². The summed E-state index contributed by atoms with van der Waals surface area (Å²) < 4.78 is 0. The Morgan fingerprint density at radius 2 is 1.44 bits per heavy atom. The first-order valence-corrected chi connectivity index (χ1v) is 8.37. The van der Waals surface area contributed by atoms with Crippen LogP contribution in [0.25, 0.3) is 0 Å². The van der Waals surface area contributed by atoms with Crippen LogP contribution in [0, 0.1) is 0 Å². The van der Waals surface area contributed by atoms with Gasteiger partial charge >= 0.3 is 0 Å². The van der Waals surface area contributed by atoms with Gasteiger partial charge in [-0.2, -0.15) is 0 Å². The molecule has 3 heteroatoms. The molecule has 2 N–H and O–H groups in total. The lowest BCUT2D eigenvalue weighted by molar-refractivity contribution is -0.121. The van der Waals surface area contributed by atoms with Crippen molar-refractivity contribution in [1.29, 1.82) is 0 Å². The highest BCUT2D eigenvalue weighted by Gasteiger charge is 2.20. The molecular formula is C22H21NO2. The Morgan fingerprint density at radius 3 is 2.12 bits per heavy atom. The van der Waals surface area contributed by atoms with Crippen molar-refractivity contribution in [3.8, 4) is 5.75 Å². The minimum atomic E-state index is -0.182. The van der Waals surface area contributed by atoms with Crippen LogP contribution in [0.15, 0.2) is 84.9 Å². The zero-order valence-corrected chi connectivity index (χ0v) is 13.9. The van der Waals surface area contributed by atoms with Crippen LogP contribution < -0.4 is 5.32 Å². The predicted octanol–water partition coefficient (Wildman–Crippen LogP) is 4.23. The molecule has 3 rings (SSSR count). The van der Waals surface area contributed by atoms with E-state index >= 15 is 0 Å². The van der Waals surface area contributed by atoms with E-state index in [0.717, 1.165) is 16.7 Å². The van der Waals surface area contributed by atoms with Crippen molar-refractivity contribution in [2.75, 3.05) is 0 Å². The number of phenolic OH excluding ortho intramolecular Hbond substituents is 1. The Kier molecular flexibility index (Phi) is 5.47. The number of para-hydroxylation sites is 1. The molecule has 0 aromatic heterocycles. The third-order valence-corrected chi connectivity index (χ3v) is 4.24. The molecule has 0 aliphatic carbocycles. The highest BCUT2D eigenvalue weighted by atomic mass is 16.3. The Balaban J connectivity index is 1.76. The molecule has 0 saturated heterocycles. The molecule has 0 spiro atoms. The average molecular weight is 331 g/mol. The van der Waals surface area contributed by atoms with E-state index in [1.807, 2.05) is 72.8 Å². The fourth-order valence-electron chi connectivity index (χ4n) is 2.93. The summed E-state index contributed by atoms with van der Waals surface area (Å²) in [6, 6.07) is 26.9. The second-order valence-corrected chi connectivity index (χ2v) is 5.99. The van der Waals surface area contributed by atoms with Crippen LogP contribution >= 0.6 is 0 Å². The molecule has 0 heterocycles. The molecule has 25 heavy (non-hydrogen) atoms. The molecule has 0 aliphatic heterocycles. The fraction of sp³-hybridized carbons (Fsp3) is 0.136. The van der Waals surface area contributed by atoms with Crippen molar-refractivity contribution in [3.63, 3.8) is 0 Å². The van der Waals surface area contributed by atoms with Gasteiger partial charge in [0.2, 0.25) is 5.91 Å². The molecule has 3 aromatic rings. The standard InChI is InChI=1S/C22H21NO2/c24-21-14-8-7-13-19(21)20(18-11-5-2-6-12-18)15-22(25)23-16-17-9-3-1-4-10-17/h1-14,20,24H,15-16H2,(H,23,25). The average Bonchev–Trinajstić information content (AvgIpc) is 2.67. The SMILES string of the molecule is O=C(CC(c1ccccc1)c1ccccc1O)NCc1ccccc1. The zero-order chi connectivity index (χ0) is 17.5. The van der Waals surface area contributed by atoms with Crippen LogP contribution in [-0.2, 0) is 11.3 Å². The zero-order valence-electron chi connectivity index (χ0n) is 13.9. The fourth-order valence-corrected chi connectivity index (χ4v) is 2.93. The normalized spacial score (nSPS) is 11.7. The van der Waals surface area contributed by atoms with E-state index in [2.05, 4.69) is 5.32 Å². The summed E-state index contributed by atoms with van der Waals surface area (Å²) in [5.74, 6) is -0.00801. The quantitative estimate of drug-likeness (QED) is 0.710. The predicted molar refractivity (Wildman–Crippen MR) is 99.3 cm³/mol. The summed E-state index contributed by atoms with van der Waals surface area (Å²) in [7, 11) is 0. The van der Waals surface area contributed by atoms with E-state index in [1.165, 1.54) is 0 Å². The highest BCUT2D eigenvalue weighted by Crippen LogP contribution is 2.33. The van der Waals surface area contributed by atoms with Gasteiger partial charge in [0.15, 0.2) is 0 Å². The Bertz CT molecular complexity index is 816. The largest absolute Gasteiger partial charge is 0.508 e. The Morgan fingerprint density at radius 1 is 0.840 bits per heavy atom. The first-order chi connectivity index (χ1) is 12.2. The number of aromatic hydroxyl groups is 1. The lowest BCUT2D eigenvalue weighted by Crippen LogP contribution is -2.25. The van der Waals surface area contributed by atoms with E-state index in [1.54, 1.807) is 12.1 Å². The van der Waals surface area contributed by atoms with Crippen LogP contribution in [0.2, 0.25) is 0 Å². The van der Waals surface area contributed by atoms with Crippen LogP contribution in [0.4, 0.5) is 0 Å². The second kappa shape index (κ2) is 8.15. The minimum Gasteiger partial charge on any atom is -0.508 e. The maximum absolute atomic E-state index is 12.5. The van der Waals surface area contributed by atoms with Gasteiger partial charge in [-0.3, -0.25) is 4.79 Å². The number of hydrogen-bond donors (Lipinski definition) is 2. The Hall–Kier alpha value is -3.07. The van der Waals surface area contributed by atoms with E-state index in [-0.39, 0.29) is 24.0 Å². The van der Waals surface area contributed by atoms with Crippen molar-refractivity contribution >= 4 is 5.91 Å². The van der Waals surface area contributed by atoms with E-state index in [4.69, 9.17) is 0 Å². The number of hydrogen-bond acceptors (Lipinski definition) is 2. The van der Waals surface area contributed by atoms with Gasteiger partial charge in [0.1, 0.15) is 5.75 Å². The maximum atomic E-state index is 12.5. The lowest BCUT2D eigenvalue weighted by Gasteiger charge is -2.19. The number of carbonyl (C=O) groups is 1. The molecule has 3 aromatic carbocycles. The van der Waals surface area contributed by atoms with Crippen molar-refractivity contribution in [3.05, 3.63) is 102 Å². The molecule has 1 atom stereocenters. The van der Waals surface area contributed by atoms with Gasteiger partial charge in [0, 0.05) is 24.4 Å². The molecule has 0 bridgehead atoms. The molecule has 0 fully saturated rings. The minimum absolute atomic E-state index is 0.0408. The van der Waals surface area contributed by atoms with Gasteiger partial charge in [-0.05, 0) is 17.2 Å². The summed E-state index contributed by atoms with van der Waals surface area (Å²) in [5.41, 5.74) is 2.84. The lowest BCUT2D eigenvalue weighted by atomic mass is 9.87. The van der Waals surface area contributed by atoms with Crippen LogP contribution in [0.3, 0.4) is 0 Å². The Labute approximate surface area is 148 Å². The third-order valence-electron chi connectivity index (χ3n) is 4.24. The first kappa shape index (κ1) is 16.8. The number of nitrogens with one attached hydrogen (secondary N) is 1. The molecule has 0 radical (unpaired) electrons. The van der Waals surface area contributed by atoms with Crippen LogP contribution in [-0.4, -0.2) is 11.0 Å². The molecular weight excluding hydrogens is 310 g/mol. The van der Waals surface area contributed by atoms with Gasteiger partial charge < -0.3 is 10.4 Å². The smallest absolute Gasteiger partial charge is 0.221 e. The summed E-state index contributed by atoms with van der Waals surface area (Å²) >= 11 is 0. The molecule has 3 nitrogen and oxygen atoms in total. The van der Waals surface area contributed by atoms with Crippen molar-refractivity contribution in [2.24, 2.45) is 0 Å². The van der Waals surface area contributed by atoms with Crippen LogP contribution in [0.5, 0.6) is 5.75 Å². The summed E-state index contributed by atoms with van der Waals surface area (Å²) in [4.78, 5) is 12.5. The summed E-state index contributed by atoms with van der Waals surface area (Å²) in [6.45, 7) is 0.502. The van der Waals surface area contributed by atoms with E-state index in [9.17, 15) is 9.90 Å². The molecule has 1 unspecified atom stereocenters. The summed E-state index contributed by atoms with van der Waals surface area (Å²) in [6.07, 6.45) is 0.286. The van der Waals surface area contributed by atoms with Crippen molar-refractivity contribution < 1.29 is 9.90 Å². The number of amides is 1. The molecule has 0 aliphatic rings. The van der Waals surface area contributed by atoms with Crippen LogP contribution in [0.1, 0.15) is 29.0 Å². The van der Waals surface area contributed by atoms with Gasteiger partial charge in [-0.1, -0.05) is 78.9 Å². The molecule has 1 amide bonds. The summed E-state index contributed by atoms with van der Waals surface area (Å²) in [5, 5.41) is 13.2. The number of benzene rings is 3. The number of rotatable bonds is 6. The van der Waals surface area contributed by atoms with E-state index < -0.39 is 0 Å². The molecule has 0 saturated carbocycles. The topological polar surface area (TPSA) is 49.3 Å². The third kappa shape index (κ3) is 4.48. The van der Waals surface area contributed by atoms with Crippen molar-refractivity contribution in [2.45, 2.75) is 18.9 Å². The second-order valence-electron chi connectivity index (χ2n) is 5.99. The molecule has 126 valence electrons. The highest BCUT2D eigenvalue weighted by molar-refractivity contribution is 5.77. The maximum Gasteiger partial charge on any atom is 0.221 e. The first-order valence-electron chi connectivity index (χ1n) is 8.37. The monoisotopic (exact) mass is 331 g/mol. The number of phenols is 1. The number of carbonyl (C=O) groups excluding carboxylic acids is 1. The van der Waals surface area contributed by atoms with Gasteiger partial charge in [-0.15, -0.1) is 0 Å². The van der Waals surface area contributed by atoms with Gasteiger partial charge in [0.05, 0.1) is 0 Å². The van der Waals surface area contributed by atoms with Crippen molar-refractivity contribution in [1.82, 2.24) is 5.32 Å². The van der Waals surface area contributed by atoms with E-state index in [0.29, 0.717) is 6.54 Å².